The summed E-state index contributed by atoms with van der Waals surface area (Å²) in [5.74, 6) is 0.572. The number of aryl methyl sites for hydroxylation is 2. The van der Waals surface area contributed by atoms with Crippen molar-refractivity contribution in [3.05, 3.63) is 46.5 Å². The fourth-order valence-electron chi connectivity index (χ4n) is 4.88. The van der Waals surface area contributed by atoms with Crippen LogP contribution in [0.1, 0.15) is 38.3 Å². The zero-order valence-electron chi connectivity index (χ0n) is 20.2. The van der Waals surface area contributed by atoms with Crippen LogP contribution >= 0.6 is 0 Å². The number of nitrogens with zero attached hydrogens (tertiary/aromatic N) is 5. The standard InChI is InChI=1S/C25H31FN6O3/c1-3-19-23(26)25(29-15-28-19)30-16-4-6-18(7-5-16)35-21-13-17(32-8-10-34-11-9-32)12-20-24(21)31(2)22(33)14-27-20/h12-16,18H,3-11H2,1-2H3,(H,28,29,30). The second-order valence-corrected chi connectivity index (χ2v) is 9.14. The fraction of sp³-hybridized carbons (Fsp3) is 0.520. The van der Waals surface area contributed by atoms with Gasteiger partial charge in [-0.2, -0.15) is 0 Å². The number of aromatic nitrogens is 4. The van der Waals surface area contributed by atoms with Gasteiger partial charge in [-0.25, -0.2) is 19.3 Å². The third kappa shape index (κ3) is 4.93. The van der Waals surface area contributed by atoms with E-state index in [9.17, 15) is 9.18 Å². The Labute approximate surface area is 203 Å². The van der Waals surface area contributed by atoms with Gasteiger partial charge in [0.2, 0.25) is 0 Å². The number of benzene rings is 1. The van der Waals surface area contributed by atoms with Crippen molar-refractivity contribution in [3.63, 3.8) is 0 Å². The molecule has 0 bridgehead atoms. The number of nitrogens with one attached hydrogen (secondary N) is 1. The molecule has 1 aliphatic heterocycles. The first-order valence-corrected chi connectivity index (χ1v) is 12.3. The van der Waals surface area contributed by atoms with E-state index < -0.39 is 0 Å². The van der Waals surface area contributed by atoms with E-state index in [1.54, 1.807) is 11.6 Å². The van der Waals surface area contributed by atoms with E-state index in [1.807, 2.05) is 19.1 Å². The van der Waals surface area contributed by atoms with Crippen LogP contribution in [0.3, 0.4) is 0 Å². The molecule has 1 aromatic carbocycles. The van der Waals surface area contributed by atoms with E-state index in [2.05, 4.69) is 25.2 Å². The first kappa shape index (κ1) is 23.5. The maximum absolute atomic E-state index is 14.5. The lowest BCUT2D eigenvalue weighted by molar-refractivity contribution is 0.122. The van der Waals surface area contributed by atoms with E-state index in [0.717, 1.165) is 50.0 Å². The van der Waals surface area contributed by atoms with Crippen molar-refractivity contribution in [1.29, 1.82) is 0 Å². The second-order valence-electron chi connectivity index (χ2n) is 9.14. The van der Waals surface area contributed by atoms with Crippen molar-refractivity contribution < 1.29 is 13.9 Å². The van der Waals surface area contributed by atoms with Gasteiger partial charge in [-0.05, 0) is 38.2 Å². The van der Waals surface area contributed by atoms with E-state index in [-0.39, 0.29) is 29.3 Å². The molecule has 1 saturated carbocycles. The van der Waals surface area contributed by atoms with E-state index in [1.165, 1.54) is 12.5 Å². The summed E-state index contributed by atoms with van der Waals surface area (Å²) in [6.07, 6.45) is 6.55. The number of morpholine rings is 1. The molecule has 1 saturated heterocycles. The van der Waals surface area contributed by atoms with E-state index in [0.29, 0.717) is 36.6 Å². The number of halogens is 1. The van der Waals surface area contributed by atoms with Crippen LogP contribution < -0.4 is 20.5 Å². The van der Waals surface area contributed by atoms with Gasteiger partial charge in [0.05, 0.1) is 36.7 Å². The lowest BCUT2D eigenvalue weighted by Crippen LogP contribution is -2.36. The first-order chi connectivity index (χ1) is 17.0. The van der Waals surface area contributed by atoms with Crippen LogP contribution in [-0.2, 0) is 18.2 Å². The summed E-state index contributed by atoms with van der Waals surface area (Å²) >= 11 is 0. The van der Waals surface area contributed by atoms with Crippen LogP contribution in [0.25, 0.3) is 11.0 Å². The highest BCUT2D eigenvalue weighted by molar-refractivity contribution is 5.85. The molecule has 0 radical (unpaired) electrons. The summed E-state index contributed by atoms with van der Waals surface area (Å²) in [6.45, 7) is 4.83. The molecule has 3 aromatic rings. The molecule has 1 aliphatic carbocycles. The van der Waals surface area contributed by atoms with Gasteiger partial charge in [-0.3, -0.25) is 4.79 Å². The summed E-state index contributed by atoms with van der Waals surface area (Å²) in [4.78, 5) is 27.1. The van der Waals surface area contributed by atoms with Gasteiger partial charge in [0.1, 0.15) is 17.6 Å². The highest BCUT2D eigenvalue weighted by atomic mass is 19.1. The molecule has 186 valence electrons. The monoisotopic (exact) mass is 482 g/mol. The molecular formula is C25H31FN6O3. The zero-order valence-corrected chi connectivity index (χ0v) is 20.2. The number of anilines is 2. The molecular weight excluding hydrogens is 451 g/mol. The average Bonchev–Trinajstić information content (AvgIpc) is 2.89. The molecule has 35 heavy (non-hydrogen) atoms. The minimum atomic E-state index is -0.367. The Bertz CT molecular complexity index is 1250. The Morgan fingerprint density at radius 3 is 2.66 bits per heavy atom. The SMILES string of the molecule is CCc1ncnc(NC2CCC(Oc3cc(N4CCOCC4)cc4ncc(=O)n(C)c34)CC2)c1F. The lowest BCUT2D eigenvalue weighted by atomic mass is 9.93. The molecule has 9 nitrogen and oxygen atoms in total. The van der Waals surface area contributed by atoms with E-state index >= 15 is 0 Å². The number of fused-ring (bicyclic) bond motifs is 1. The minimum Gasteiger partial charge on any atom is -0.488 e. The Kier molecular flexibility index (Phi) is 6.81. The normalized spacial score (nSPS) is 20.7. The summed E-state index contributed by atoms with van der Waals surface area (Å²) < 4.78 is 28.1. The van der Waals surface area contributed by atoms with Crippen molar-refractivity contribution in [2.45, 2.75) is 51.2 Å². The number of ether oxygens (including phenoxy) is 2. The average molecular weight is 483 g/mol. The van der Waals surface area contributed by atoms with Crippen molar-refractivity contribution >= 4 is 22.5 Å². The molecule has 0 amide bonds. The minimum absolute atomic E-state index is 0.00653. The van der Waals surface area contributed by atoms with Gasteiger partial charge < -0.3 is 24.3 Å². The lowest BCUT2D eigenvalue weighted by Gasteiger charge is -2.32. The highest BCUT2D eigenvalue weighted by Gasteiger charge is 2.26. The van der Waals surface area contributed by atoms with Gasteiger partial charge in [-0.1, -0.05) is 6.92 Å². The van der Waals surface area contributed by atoms with Crippen LogP contribution in [0, 0.1) is 5.82 Å². The van der Waals surface area contributed by atoms with Crippen LogP contribution in [0.4, 0.5) is 15.9 Å². The third-order valence-corrected chi connectivity index (χ3v) is 6.90. The Morgan fingerprint density at radius 1 is 1.14 bits per heavy atom. The smallest absolute Gasteiger partial charge is 0.269 e. The Balaban J connectivity index is 1.33. The van der Waals surface area contributed by atoms with Gasteiger partial charge in [-0.15, -0.1) is 0 Å². The van der Waals surface area contributed by atoms with Crippen LogP contribution in [-0.4, -0.2) is 58.0 Å². The molecule has 2 fully saturated rings. The second kappa shape index (κ2) is 10.2. The highest BCUT2D eigenvalue weighted by Crippen LogP contribution is 2.34. The number of hydrogen-bond donors (Lipinski definition) is 1. The zero-order chi connectivity index (χ0) is 24.4. The van der Waals surface area contributed by atoms with E-state index in [4.69, 9.17) is 9.47 Å². The first-order valence-electron chi connectivity index (χ1n) is 12.3. The fourth-order valence-corrected chi connectivity index (χ4v) is 4.88. The maximum atomic E-state index is 14.5. The van der Waals surface area contributed by atoms with Gasteiger partial charge >= 0.3 is 0 Å². The molecule has 0 unspecified atom stereocenters. The van der Waals surface area contributed by atoms with Crippen molar-refractivity contribution in [2.24, 2.45) is 7.05 Å². The van der Waals surface area contributed by atoms with Crippen molar-refractivity contribution in [3.8, 4) is 5.75 Å². The van der Waals surface area contributed by atoms with Crippen LogP contribution in [0.2, 0.25) is 0 Å². The summed E-state index contributed by atoms with van der Waals surface area (Å²) in [7, 11) is 1.75. The topological polar surface area (TPSA) is 94.4 Å². The summed E-state index contributed by atoms with van der Waals surface area (Å²) in [6, 6.07) is 4.14. The number of rotatable bonds is 6. The predicted octanol–water partition coefficient (Wildman–Crippen LogP) is 3.06. The third-order valence-electron chi connectivity index (χ3n) is 6.90. The van der Waals surface area contributed by atoms with Gasteiger partial charge in [0, 0.05) is 37.9 Å². The summed E-state index contributed by atoms with van der Waals surface area (Å²) in [5, 5.41) is 3.25. The molecule has 10 heteroatoms. The molecule has 3 heterocycles. The van der Waals surface area contributed by atoms with Gasteiger partial charge in [0.25, 0.3) is 5.56 Å². The number of hydrogen-bond acceptors (Lipinski definition) is 8. The molecule has 2 aliphatic rings. The molecule has 0 atom stereocenters. The Hall–Kier alpha value is -3.27. The Morgan fingerprint density at radius 2 is 1.91 bits per heavy atom. The molecule has 1 N–H and O–H groups in total. The van der Waals surface area contributed by atoms with Crippen LogP contribution in [0.5, 0.6) is 5.75 Å². The maximum Gasteiger partial charge on any atom is 0.269 e. The molecule has 5 rings (SSSR count). The quantitative estimate of drug-likeness (QED) is 0.573. The molecule has 2 aromatic heterocycles. The largest absolute Gasteiger partial charge is 0.488 e. The summed E-state index contributed by atoms with van der Waals surface area (Å²) in [5.41, 5.74) is 2.69. The van der Waals surface area contributed by atoms with Crippen LogP contribution in [0.15, 0.2) is 29.5 Å². The van der Waals surface area contributed by atoms with Crippen molar-refractivity contribution in [1.82, 2.24) is 19.5 Å². The predicted molar refractivity (Wildman–Crippen MR) is 132 cm³/mol. The van der Waals surface area contributed by atoms with Crippen molar-refractivity contribution in [2.75, 3.05) is 36.5 Å². The molecule has 0 spiro atoms. The van der Waals surface area contributed by atoms with Gasteiger partial charge in [0.15, 0.2) is 11.6 Å².